The third kappa shape index (κ3) is 3.17. The monoisotopic (exact) mass is 395 g/mol. The lowest BCUT2D eigenvalue weighted by molar-refractivity contribution is -0.0882. The lowest BCUT2D eigenvalue weighted by Gasteiger charge is -2.39. The zero-order chi connectivity index (χ0) is 19.2. The Bertz CT molecular complexity index is 898. The molecule has 27 heavy (non-hydrogen) atoms. The normalized spacial score (nSPS) is 18.6. The van der Waals surface area contributed by atoms with Crippen LogP contribution in [0.15, 0.2) is 36.4 Å². The number of likely N-dealkylation sites (tertiary alicyclic amines) is 1. The first kappa shape index (κ1) is 18.2. The summed E-state index contributed by atoms with van der Waals surface area (Å²) in [6.07, 6.45) is -3.67. The summed E-state index contributed by atoms with van der Waals surface area (Å²) in [4.78, 5) is 25.2. The summed E-state index contributed by atoms with van der Waals surface area (Å²) >= 11 is 0.590. The van der Waals surface area contributed by atoms with Gasteiger partial charge >= 0.3 is 6.18 Å². The van der Waals surface area contributed by atoms with E-state index >= 15 is 0 Å². The van der Waals surface area contributed by atoms with Gasteiger partial charge in [0.1, 0.15) is 0 Å². The van der Waals surface area contributed by atoms with Gasteiger partial charge in [-0.05, 0) is 36.1 Å². The topological polar surface area (TPSA) is 46.6 Å². The number of carbonyl (C=O) groups excluding carboxylic acids is 2. The highest BCUT2D eigenvalue weighted by Gasteiger charge is 2.44. The van der Waals surface area contributed by atoms with Crippen molar-refractivity contribution >= 4 is 23.0 Å². The number of fused-ring (bicyclic) bond motifs is 2. The first-order valence-electron chi connectivity index (χ1n) is 8.53. The average Bonchev–Trinajstić information content (AvgIpc) is 3.27. The standard InChI is InChI=1S/C19H16F3NO3S/c20-19(21,22)16(24)14-5-6-15(27-14)17(25)23-9-7-18(8-10-23)13-4-2-1-3-12(13)11-26-18/h1-6H,7-11H2. The maximum Gasteiger partial charge on any atom is 0.455 e. The molecule has 1 amide bonds. The van der Waals surface area contributed by atoms with E-state index in [-0.39, 0.29) is 16.4 Å². The summed E-state index contributed by atoms with van der Waals surface area (Å²) in [5.41, 5.74) is 1.93. The molecule has 0 unspecified atom stereocenters. The van der Waals surface area contributed by atoms with Gasteiger partial charge in [-0.15, -0.1) is 11.3 Å². The van der Waals surface area contributed by atoms with Crippen LogP contribution < -0.4 is 0 Å². The van der Waals surface area contributed by atoms with Crippen molar-refractivity contribution in [2.45, 2.75) is 31.2 Å². The van der Waals surface area contributed by atoms with Gasteiger partial charge in [-0.3, -0.25) is 9.59 Å². The fourth-order valence-electron chi connectivity index (χ4n) is 3.74. The Morgan fingerprint density at radius 3 is 2.41 bits per heavy atom. The van der Waals surface area contributed by atoms with Gasteiger partial charge in [-0.25, -0.2) is 0 Å². The Kier molecular flexibility index (Phi) is 4.35. The van der Waals surface area contributed by atoms with Crippen LogP contribution in [0.2, 0.25) is 0 Å². The number of amides is 1. The minimum Gasteiger partial charge on any atom is -0.365 e. The number of hydrogen-bond donors (Lipinski definition) is 0. The highest BCUT2D eigenvalue weighted by molar-refractivity contribution is 7.16. The van der Waals surface area contributed by atoms with Crippen molar-refractivity contribution in [3.8, 4) is 0 Å². The van der Waals surface area contributed by atoms with Crippen molar-refractivity contribution in [2.75, 3.05) is 13.1 Å². The fraction of sp³-hybridized carbons (Fsp3) is 0.368. The highest BCUT2D eigenvalue weighted by atomic mass is 32.1. The molecule has 1 aromatic heterocycles. The van der Waals surface area contributed by atoms with Gasteiger partial charge in [0.25, 0.3) is 11.7 Å². The number of Topliss-reactive ketones (excluding diaryl/α,β-unsaturated/α-hetero) is 1. The average molecular weight is 395 g/mol. The number of rotatable bonds is 2. The van der Waals surface area contributed by atoms with E-state index in [1.54, 1.807) is 4.90 Å². The number of carbonyl (C=O) groups is 2. The van der Waals surface area contributed by atoms with Crippen LogP contribution in [0.4, 0.5) is 13.2 Å². The Balaban J connectivity index is 1.46. The van der Waals surface area contributed by atoms with E-state index in [2.05, 4.69) is 0 Å². The lowest BCUT2D eigenvalue weighted by atomic mass is 9.84. The molecule has 0 N–H and O–H groups in total. The van der Waals surface area contributed by atoms with E-state index in [9.17, 15) is 22.8 Å². The van der Waals surface area contributed by atoms with Gasteiger partial charge in [0, 0.05) is 13.1 Å². The summed E-state index contributed by atoms with van der Waals surface area (Å²) in [6, 6.07) is 10.4. The second-order valence-electron chi connectivity index (χ2n) is 6.72. The first-order chi connectivity index (χ1) is 12.8. The molecule has 1 saturated heterocycles. The smallest absolute Gasteiger partial charge is 0.365 e. The van der Waals surface area contributed by atoms with Crippen LogP contribution in [0.1, 0.15) is 43.3 Å². The Hall–Kier alpha value is -2.19. The van der Waals surface area contributed by atoms with Gasteiger partial charge < -0.3 is 9.64 Å². The number of thiophene rings is 1. The predicted octanol–water partition coefficient (Wildman–Crippen LogP) is 4.15. The third-order valence-electron chi connectivity index (χ3n) is 5.17. The molecule has 2 aliphatic rings. The molecule has 1 spiro atoms. The van der Waals surface area contributed by atoms with Gasteiger partial charge in [-0.2, -0.15) is 13.2 Å². The summed E-state index contributed by atoms with van der Waals surface area (Å²) in [5.74, 6) is -2.26. The number of ether oxygens (including phenoxy) is 1. The van der Waals surface area contributed by atoms with Gasteiger partial charge in [0.05, 0.1) is 22.0 Å². The lowest BCUT2D eigenvalue weighted by Crippen LogP contribution is -2.44. The molecule has 2 aliphatic heterocycles. The second-order valence-corrected chi connectivity index (χ2v) is 7.81. The van der Waals surface area contributed by atoms with Crippen LogP contribution in [0.3, 0.4) is 0 Å². The van der Waals surface area contributed by atoms with Crippen LogP contribution in [-0.2, 0) is 16.9 Å². The van der Waals surface area contributed by atoms with Crippen molar-refractivity contribution < 1.29 is 27.5 Å². The molecule has 1 aromatic carbocycles. The number of alkyl halides is 3. The molecular formula is C19H16F3NO3S. The van der Waals surface area contributed by atoms with Crippen LogP contribution in [0.25, 0.3) is 0 Å². The number of piperidine rings is 1. The summed E-state index contributed by atoms with van der Waals surface area (Å²) in [6.45, 7) is 1.46. The maximum absolute atomic E-state index is 12.6. The number of halogens is 3. The van der Waals surface area contributed by atoms with Crippen molar-refractivity contribution in [2.24, 2.45) is 0 Å². The molecule has 3 heterocycles. The molecule has 1 fully saturated rings. The molecule has 0 radical (unpaired) electrons. The molecule has 4 nitrogen and oxygen atoms in total. The quantitative estimate of drug-likeness (QED) is 0.718. The molecule has 0 aliphatic carbocycles. The molecule has 142 valence electrons. The zero-order valence-electron chi connectivity index (χ0n) is 14.2. The summed E-state index contributed by atoms with van der Waals surface area (Å²) in [5, 5.41) is 0. The zero-order valence-corrected chi connectivity index (χ0v) is 15.0. The Labute approximate surface area is 157 Å². The van der Waals surface area contributed by atoms with Crippen molar-refractivity contribution in [1.82, 2.24) is 4.90 Å². The largest absolute Gasteiger partial charge is 0.455 e. The summed E-state index contributed by atoms with van der Waals surface area (Å²) < 4.78 is 43.7. The molecular weight excluding hydrogens is 379 g/mol. The van der Waals surface area contributed by atoms with Gasteiger partial charge in [0.15, 0.2) is 0 Å². The second kappa shape index (κ2) is 6.45. The fourth-order valence-corrected chi connectivity index (χ4v) is 4.67. The number of nitrogens with zero attached hydrogens (tertiary/aromatic N) is 1. The van der Waals surface area contributed by atoms with Gasteiger partial charge in [0.2, 0.25) is 0 Å². The predicted molar refractivity (Wildman–Crippen MR) is 92.8 cm³/mol. The number of hydrogen-bond acceptors (Lipinski definition) is 4. The first-order valence-corrected chi connectivity index (χ1v) is 9.35. The van der Waals surface area contributed by atoms with E-state index in [0.29, 0.717) is 43.9 Å². The maximum atomic E-state index is 12.6. The van der Waals surface area contributed by atoms with Crippen LogP contribution in [-0.4, -0.2) is 35.9 Å². The highest BCUT2D eigenvalue weighted by Crippen LogP contribution is 2.44. The van der Waals surface area contributed by atoms with E-state index in [1.165, 1.54) is 6.07 Å². The molecule has 0 bridgehead atoms. The van der Waals surface area contributed by atoms with Crippen molar-refractivity contribution in [3.63, 3.8) is 0 Å². The molecule has 0 atom stereocenters. The van der Waals surface area contributed by atoms with E-state index in [0.717, 1.165) is 17.2 Å². The minimum absolute atomic E-state index is 0.145. The summed E-state index contributed by atoms with van der Waals surface area (Å²) in [7, 11) is 0. The van der Waals surface area contributed by atoms with Crippen LogP contribution in [0.5, 0.6) is 0 Å². The Morgan fingerprint density at radius 2 is 1.70 bits per heavy atom. The Morgan fingerprint density at radius 1 is 1.04 bits per heavy atom. The van der Waals surface area contributed by atoms with Gasteiger partial charge in [-0.1, -0.05) is 24.3 Å². The van der Waals surface area contributed by atoms with E-state index in [1.807, 2.05) is 24.3 Å². The number of benzene rings is 1. The molecule has 8 heteroatoms. The minimum atomic E-state index is -4.93. The molecule has 2 aromatic rings. The van der Waals surface area contributed by atoms with Crippen molar-refractivity contribution in [3.05, 3.63) is 57.3 Å². The SMILES string of the molecule is O=C(c1ccc(C(=O)C(F)(F)F)s1)N1CCC2(CC1)OCc1ccccc12. The number of ketones is 1. The van der Waals surface area contributed by atoms with Crippen LogP contribution in [0, 0.1) is 0 Å². The van der Waals surface area contributed by atoms with Crippen molar-refractivity contribution in [1.29, 1.82) is 0 Å². The molecule has 0 saturated carbocycles. The third-order valence-corrected chi connectivity index (χ3v) is 6.24. The molecule has 4 rings (SSSR count). The van der Waals surface area contributed by atoms with E-state index < -0.39 is 16.8 Å². The van der Waals surface area contributed by atoms with E-state index in [4.69, 9.17) is 4.74 Å². The van der Waals surface area contributed by atoms with Crippen LogP contribution >= 0.6 is 11.3 Å².